The monoisotopic (exact) mass is 220 g/mol. The third-order valence-corrected chi connectivity index (χ3v) is 1.96. The van der Waals surface area contributed by atoms with E-state index in [0.717, 1.165) is 5.56 Å². The van der Waals surface area contributed by atoms with Crippen LogP contribution >= 0.6 is 0 Å². The van der Waals surface area contributed by atoms with Crippen molar-refractivity contribution in [1.82, 2.24) is 4.90 Å². The van der Waals surface area contributed by atoms with Gasteiger partial charge in [-0.3, -0.25) is 14.9 Å². The van der Waals surface area contributed by atoms with Crippen molar-refractivity contribution in [2.75, 3.05) is 14.1 Å². The molecule has 5 heteroatoms. The highest BCUT2D eigenvalue weighted by Crippen LogP contribution is 2.12. The molecule has 0 bridgehead atoms. The predicted molar refractivity (Wildman–Crippen MR) is 60.8 cm³/mol. The second-order valence-corrected chi connectivity index (χ2v) is 3.41. The molecule has 0 unspecified atom stereocenters. The number of nitrogens with zero attached hydrogens (tertiary/aromatic N) is 2. The number of nitro groups is 1. The van der Waals surface area contributed by atoms with Crippen molar-refractivity contribution in [3.8, 4) is 0 Å². The Balaban J connectivity index is 2.76. The van der Waals surface area contributed by atoms with Gasteiger partial charge in [0.05, 0.1) is 4.92 Å². The van der Waals surface area contributed by atoms with E-state index in [4.69, 9.17) is 0 Å². The molecule has 0 aliphatic carbocycles. The normalized spacial score (nSPS) is 10.4. The van der Waals surface area contributed by atoms with E-state index < -0.39 is 4.92 Å². The van der Waals surface area contributed by atoms with Crippen molar-refractivity contribution in [2.24, 2.45) is 0 Å². The van der Waals surface area contributed by atoms with Crippen LogP contribution in [0.2, 0.25) is 0 Å². The predicted octanol–water partition coefficient (Wildman–Crippen LogP) is 1.70. The SMILES string of the molecule is CN(C)C(=O)/C=C/c1ccc([N+](=O)[O-])cc1. The molecule has 0 heterocycles. The van der Waals surface area contributed by atoms with Crippen LogP contribution < -0.4 is 0 Å². The average Bonchev–Trinajstić information content (AvgIpc) is 2.26. The molecule has 0 aliphatic rings. The lowest BCUT2D eigenvalue weighted by atomic mass is 10.2. The van der Waals surface area contributed by atoms with Crippen LogP contribution in [0.5, 0.6) is 0 Å². The van der Waals surface area contributed by atoms with Crippen LogP contribution in [0, 0.1) is 10.1 Å². The van der Waals surface area contributed by atoms with Crippen LogP contribution in [0.4, 0.5) is 5.69 Å². The van der Waals surface area contributed by atoms with Crippen LogP contribution in [-0.2, 0) is 4.79 Å². The molecule has 0 aromatic heterocycles. The van der Waals surface area contributed by atoms with Gasteiger partial charge in [-0.05, 0) is 23.8 Å². The summed E-state index contributed by atoms with van der Waals surface area (Å²) in [6.45, 7) is 0. The Morgan fingerprint density at radius 2 is 1.88 bits per heavy atom. The number of nitro benzene ring substituents is 1. The smallest absolute Gasteiger partial charge is 0.269 e. The van der Waals surface area contributed by atoms with E-state index in [1.165, 1.54) is 23.1 Å². The third kappa shape index (κ3) is 3.20. The van der Waals surface area contributed by atoms with Crippen molar-refractivity contribution in [1.29, 1.82) is 0 Å². The number of likely N-dealkylation sites (N-methyl/N-ethyl adjacent to an activating group) is 1. The molecule has 84 valence electrons. The Morgan fingerprint density at radius 1 is 1.31 bits per heavy atom. The number of carbonyl (C=O) groups excluding carboxylic acids is 1. The molecule has 16 heavy (non-hydrogen) atoms. The molecular weight excluding hydrogens is 208 g/mol. The molecule has 1 aromatic rings. The van der Waals surface area contributed by atoms with Crippen molar-refractivity contribution >= 4 is 17.7 Å². The largest absolute Gasteiger partial charge is 0.345 e. The van der Waals surface area contributed by atoms with Gasteiger partial charge in [0.25, 0.3) is 5.69 Å². The molecule has 0 aliphatic heterocycles. The molecule has 1 aromatic carbocycles. The maximum atomic E-state index is 11.2. The van der Waals surface area contributed by atoms with Crippen LogP contribution in [0.1, 0.15) is 5.56 Å². The molecule has 0 spiro atoms. The van der Waals surface area contributed by atoms with Gasteiger partial charge < -0.3 is 4.90 Å². The topological polar surface area (TPSA) is 63.5 Å². The molecule has 0 radical (unpaired) electrons. The molecule has 1 rings (SSSR count). The minimum Gasteiger partial charge on any atom is -0.345 e. The average molecular weight is 220 g/mol. The van der Waals surface area contributed by atoms with E-state index in [2.05, 4.69) is 0 Å². The van der Waals surface area contributed by atoms with Crippen molar-refractivity contribution < 1.29 is 9.72 Å². The maximum Gasteiger partial charge on any atom is 0.269 e. The number of hydrogen-bond donors (Lipinski definition) is 0. The van der Waals surface area contributed by atoms with Crippen LogP contribution in [0.15, 0.2) is 30.3 Å². The van der Waals surface area contributed by atoms with Gasteiger partial charge in [-0.15, -0.1) is 0 Å². The van der Waals surface area contributed by atoms with E-state index in [9.17, 15) is 14.9 Å². The number of carbonyl (C=O) groups is 1. The standard InChI is InChI=1S/C11H12N2O3/c1-12(2)11(14)8-5-9-3-6-10(7-4-9)13(15)16/h3-8H,1-2H3/b8-5+. The molecule has 0 fully saturated rings. The fourth-order valence-electron chi connectivity index (χ4n) is 1.02. The van der Waals surface area contributed by atoms with Gasteiger partial charge in [0.1, 0.15) is 0 Å². The van der Waals surface area contributed by atoms with Gasteiger partial charge in [-0.25, -0.2) is 0 Å². The number of hydrogen-bond acceptors (Lipinski definition) is 3. The third-order valence-electron chi connectivity index (χ3n) is 1.96. The fourth-order valence-corrected chi connectivity index (χ4v) is 1.02. The second kappa shape index (κ2) is 5.06. The van der Waals surface area contributed by atoms with Gasteiger partial charge in [-0.2, -0.15) is 0 Å². The molecule has 0 saturated heterocycles. The van der Waals surface area contributed by atoms with Crippen LogP contribution in [0.25, 0.3) is 6.08 Å². The summed E-state index contributed by atoms with van der Waals surface area (Å²) in [5.74, 6) is -0.127. The Labute approximate surface area is 93.1 Å². The lowest BCUT2D eigenvalue weighted by Crippen LogP contribution is -2.18. The van der Waals surface area contributed by atoms with Crippen LogP contribution in [0.3, 0.4) is 0 Å². The maximum absolute atomic E-state index is 11.2. The van der Waals surface area contributed by atoms with Crippen molar-refractivity contribution in [3.63, 3.8) is 0 Å². The highest BCUT2D eigenvalue weighted by Gasteiger charge is 2.02. The molecular formula is C11H12N2O3. The molecule has 1 amide bonds. The Kier molecular flexibility index (Phi) is 3.77. The summed E-state index contributed by atoms with van der Waals surface area (Å²) in [6, 6.07) is 5.99. The fraction of sp³-hybridized carbons (Fsp3) is 0.182. The molecule has 0 saturated carbocycles. The number of non-ortho nitro benzene ring substituents is 1. The first-order valence-electron chi connectivity index (χ1n) is 4.64. The Bertz CT molecular complexity index is 421. The summed E-state index contributed by atoms with van der Waals surface area (Å²) in [7, 11) is 3.31. The summed E-state index contributed by atoms with van der Waals surface area (Å²) in [4.78, 5) is 22.6. The summed E-state index contributed by atoms with van der Waals surface area (Å²) < 4.78 is 0. The molecule has 0 N–H and O–H groups in total. The van der Waals surface area contributed by atoms with Gasteiger partial charge in [-0.1, -0.05) is 0 Å². The Morgan fingerprint density at radius 3 is 2.31 bits per heavy atom. The quantitative estimate of drug-likeness (QED) is 0.442. The van der Waals surface area contributed by atoms with Crippen LogP contribution in [-0.4, -0.2) is 29.8 Å². The highest BCUT2D eigenvalue weighted by molar-refractivity contribution is 5.91. The van der Waals surface area contributed by atoms with Crippen molar-refractivity contribution in [3.05, 3.63) is 46.0 Å². The summed E-state index contributed by atoms with van der Waals surface area (Å²) in [6.07, 6.45) is 3.03. The van der Waals surface area contributed by atoms with E-state index in [1.807, 2.05) is 0 Å². The van der Waals surface area contributed by atoms with Gasteiger partial charge in [0.15, 0.2) is 0 Å². The minimum absolute atomic E-state index is 0.0380. The Hall–Kier alpha value is -2.17. The summed E-state index contributed by atoms with van der Waals surface area (Å²) in [5, 5.41) is 10.4. The summed E-state index contributed by atoms with van der Waals surface area (Å²) >= 11 is 0. The summed E-state index contributed by atoms with van der Waals surface area (Å²) in [5.41, 5.74) is 0.789. The second-order valence-electron chi connectivity index (χ2n) is 3.41. The first-order valence-corrected chi connectivity index (χ1v) is 4.64. The lowest BCUT2D eigenvalue weighted by Gasteiger charge is -2.04. The van der Waals surface area contributed by atoms with Crippen molar-refractivity contribution in [2.45, 2.75) is 0 Å². The number of amides is 1. The van der Waals surface area contributed by atoms with E-state index in [-0.39, 0.29) is 11.6 Å². The zero-order chi connectivity index (χ0) is 12.1. The van der Waals surface area contributed by atoms with Gasteiger partial charge in [0.2, 0.25) is 5.91 Å². The van der Waals surface area contributed by atoms with Gasteiger partial charge >= 0.3 is 0 Å². The minimum atomic E-state index is -0.460. The molecule has 0 atom stereocenters. The zero-order valence-corrected chi connectivity index (χ0v) is 9.08. The first-order chi connectivity index (χ1) is 7.50. The van der Waals surface area contributed by atoms with E-state index >= 15 is 0 Å². The number of rotatable bonds is 3. The number of benzene rings is 1. The lowest BCUT2D eigenvalue weighted by molar-refractivity contribution is -0.384. The highest BCUT2D eigenvalue weighted by atomic mass is 16.6. The van der Waals surface area contributed by atoms with E-state index in [0.29, 0.717) is 0 Å². The van der Waals surface area contributed by atoms with E-state index in [1.54, 1.807) is 32.3 Å². The van der Waals surface area contributed by atoms with Gasteiger partial charge in [0, 0.05) is 32.3 Å². The molecule has 5 nitrogen and oxygen atoms in total. The zero-order valence-electron chi connectivity index (χ0n) is 9.08. The first kappa shape index (κ1) is 11.9.